The fourth-order valence-electron chi connectivity index (χ4n) is 5.93. The van der Waals surface area contributed by atoms with Crippen LogP contribution < -0.4 is 14.4 Å². The minimum Gasteiger partial charge on any atom is -0.429 e. The molecule has 0 atom stereocenters. The first kappa shape index (κ1) is 30.6. The number of fused-ring (bicyclic) bond motifs is 2. The molecular weight excluding hydrogens is 645 g/mol. The summed E-state index contributed by atoms with van der Waals surface area (Å²) in [4.78, 5) is 39.3. The van der Waals surface area contributed by atoms with E-state index in [1.54, 1.807) is 41.8 Å². The minimum atomic E-state index is 0.274. The Hall–Kier alpha value is -6.71. The van der Waals surface area contributed by atoms with Gasteiger partial charge in [-0.05, 0) is 81.7 Å². The standard InChI is InChI=1S/C41H26N4O4S/c46-25-48-34-16-18-43-37(22-34)39-24-35(49-26-47)23-38(44-39)36-21-31(15-17-42-36)40-13-14-41(50-40)45(32-11-9-27-5-1-3-7-29(27)19-32)33-12-10-28-6-2-4-8-30(28)20-33/h1-26H. The average molecular weight is 671 g/mol. The number of carbonyl (C=O) groups is 2. The summed E-state index contributed by atoms with van der Waals surface area (Å²) in [6.45, 7) is 0.703. The summed E-state index contributed by atoms with van der Waals surface area (Å²) < 4.78 is 10.2. The van der Waals surface area contributed by atoms with Crippen LogP contribution in [0.5, 0.6) is 11.5 Å². The topological polar surface area (TPSA) is 94.5 Å². The highest BCUT2D eigenvalue weighted by Crippen LogP contribution is 2.43. The lowest BCUT2D eigenvalue weighted by Gasteiger charge is -2.24. The van der Waals surface area contributed by atoms with E-state index >= 15 is 0 Å². The van der Waals surface area contributed by atoms with Gasteiger partial charge in [0.1, 0.15) is 16.5 Å². The highest BCUT2D eigenvalue weighted by Gasteiger charge is 2.18. The molecule has 0 saturated heterocycles. The van der Waals surface area contributed by atoms with Crippen LogP contribution in [0.4, 0.5) is 16.4 Å². The first-order valence-corrected chi connectivity index (χ1v) is 16.5. The Morgan fingerprint density at radius 3 is 1.72 bits per heavy atom. The zero-order chi connectivity index (χ0) is 33.9. The van der Waals surface area contributed by atoms with Crippen molar-refractivity contribution in [1.29, 1.82) is 0 Å². The summed E-state index contributed by atoms with van der Waals surface area (Å²) in [6, 6.07) is 44.4. The van der Waals surface area contributed by atoms with Crippen LogP contribution in [0.25, 0.3) is 54.8 Å². The predicted octanol–water partition coefficient (Wildman–Crippen LogP) is 9.78. The van der Waals surface area contributed by atoms with Crippen LogP contribution in [-0.2, 0) is 9.59 Å². The van der Waals surface area contributed by atoms with Crippen LogP contribution >= 0.6 is 11.3 Å². The molecule has 0 radical (unpaired) electrons. The Morgan fingerprint density at radius 1 is 0.520 bits per heavy atom. The highest BCUT2D eigenvalue weighted by atomic mass is 32.1. The van der Waals surface area contributed by atoms with E-state index in [2.05, 4.69) is 112 Å². The maximum absolute atomic E-state index is 11.3. The number of hydrogen-bond acceptors (Lipinski definition) is 9. The van der Waals surface area contributed by atoms with Crippen molar-refractivity contribution in [3.05, 3.63) is 146 Å². The van der Waals surface area contributed by atoms with Crippen molar-refractivity contribution in [2.45, 2.75) is 0 Å². The quantitative estimate of drug-likeness (QED) is 0.133. The first-order valence-electron chi connectivity index (χ1n) is 15.7. The number of benzene rings is 4. The van der Waals surface area contributed by atoms with Gasteiger partial charge in [-0.3, -0.25) is 19.6 Å². The largest absolute Gasteiger partial charge is 0.429 e. The van der Waals surface area contributed by atoms with Crippen molar-refractivity contribution in [3.63, 3.8) is 0 Å². The molecular formula is C41H26N4O4S. The fraction of sp³-hybridized carbons (Fsp3) is 0. The van der Waals surface area contributed by atoms with Crippen LogP contribution in [0, 0.1) is 0 Å². The molecule has 4 aromatic heterocycles. The van der Waals surface area contributed by atoms with Crippen molar-refractivity contribution in [2.75, 3.05) is 4.90 Å². The Morgan fingerprint density at radius 2 is 1.08 bits per heavy atom. The van der Waals surface area contributed by atoms with E-state index in [1.165, 1.54) is 17.0 Å². The fourth-order valence-corrected chi connectivity index (χ4v) is 6.98. The maximum Gasteiger partial charge on any atom is 0.298 e. The molecule has 9 heteroatoms. The number of carbonyl (C=O) groups excluding carboxylic acids is 2. The number of hydrogen-bond donors (Lipinski definition) is 0. The zero-order valence-electron chi connectivity index (χ0n) is 26.3. The van der Waals surface area contributed by atoms with E-state index in [-0.39, 0.29) is 5.75 Å². The molecule has 0 fully saturated rings. The molecule has 0 spiro atoms. The van der Waals surface area contributed by atoms with Gasteiger partial charge < -0.3 is 14.4 Å². The second-order valence-electron chi connectivity index (χ2n) is 11.3. The Kier molecular flexibility index (Phi) is 8.22. The normalized spacial score (nSPS) is 11.0. The van der Waals surface area contributed by atoms with Crippen molar-refractivity contribution in [2.24, 2.45) is 0 Å². The number of nitrogens with zero attached hydrogens (tertiary/aromatic N) is 4. The number of rotatable bonds is 10. The summed E-state index contributed by atoms with van der Waals surface area (Å²) >= 11 is 1.67. The second-order valence-corrected chi connectivity index (χ2v) is 12.4. The summed E-state index contributed by atoms with van der Waals surface area (Å²) in [5, 5.41) is 5.75. The lowest BCUT2D eigenvalue weighted by Crippen LogP contribution is -2.08. The van der Waals surface area contributed by atoms with Gasteiger partial charge in [0, 0.05) is 46.8 Å². The molecule has 4 heterocycles. The molecule has 8 aromatic rings. The maximum atomic E-state index is 11.3. The van der Waals surface area contributed by atoms with Gasteiger partial charge in [-0.15, -0.1) is 11.3 Å². The molecule has 8 rings (SSSR count). The minimum absolute atomic E-state index is 0.274. The highest BCUT2D eigenvalue weighted by molar-refractivity contribution is 7.19. The Labute approximate surface area is 290 Å². The smallest absolute Gasteiger partial charge is 0.298 e. The molecule has 4 aromatic carbocycles. The third-order valence-corrected chi connectivity index (χ3v) is 9.38. The van der Waals surface area contributed by atoms with E-state index in [4.69, 9.17) is 14.5 Å². The van der Waals surface area contributed by atoms with Crippen LogP contribution in [0.15, 0.2) is 146 Å². The molecule has 240 valence electrons. The lowest BCUT2D eigenvalue weighted by molar-refractivity contribution is -0.121. The number of ether oxygens (including phenoxy) is 2. The van der Waals surface area contributed by atoms with Crippen LogP contribution in [0.1, 0.15) is 0 Å². The van der Waals surface area contributed by atoms with Gasteiger partial charge in [-0.2, -0.15) is 0 Å². The van der Waals surface area contributed by atoms with Crippen molar-refractivity contribution >= 4 is 62.2 Å². The van der Waals surface area contributed by atoms with Crippen molar-refractivity contribution < 1.29 is 19.1 Å². The molecule has 0 aliphatic carbocycles. The van der Waals surface area contributed by atoms with Gasteiger partial charge in [0.2, 0.25) is 0 Å². The summed E-state index contributed by atoms with van der Waals surface area (Å²) in [5.74, 6) is 0.584. The molecule has 50 heavy (non-hydrogen) atoms. The van der Waals surface area contributed by atoms with E-state index in [0.717, 1.165) is 37.6 Å². The lowest BCUT2D eigenvalue weighted by atomic mass is 10.1. The Bertz CT molecular complexity index is 2450. The Balaban J connectivity index is 1.19. The number of aromatic nitrogens is 3. The van der Waals surface area contributed by atoms with Crippen LogP contribution in [0.3, 0.4) is 0 Å². The van der Waals surface area contributed by atoms with Gasteiger partial charge in [0.15, 0.2) is 0 Å². The SMILES string of the molecule is O=COc1ccnc(-c2cc(OC=O)cc(-c3cc(-c4ccc(N(c5ccc6ccccc6c5)c5ccc6ccccc6c5)s4)ccn3)n2)c1. The van der Waals surface area contributed by atoms with E-state index in [0.29, 0.717) is 41.5 Å². The van der Waals surface area contributed by atoms with Gasteiger partial charge in [0.05, 0.1) is 22.8 Å². The monoisotopic (exact) mass is 670 g/mol. The average Bonchev–Trinajstić information content (AvgIpc) is 3.65. The predicted molar refractivity (Wildman–Crippen MR) is 197 cm³/mol. The third kappa shape index (κ3) is 6.16. The number of thiophene rings is 1. The molecule has 0 aliphatic heterocycles. The molecule has 8 nitrogen and oxygen atoms in total. The zero-order valence-corrected chi connectivity index (χ0v) is 27.2. The molecule has 0 N–H and O–H groups in total. The molecule has 0 aliphatic rings. The van der Waals surface area contributed by atoms with Gasteiger partial charge in [-0.1, -0.05) is 60.7 Å². The molecule has 0 unspecified atom stereocenters. The van der Waals surface area contributed by atoms with Gasteiger partial charge in [-0.25, -0.2) is 4.98 Å². The summed E-state index contributed by atoms with van der Waals surface area (Å²) in [5.41, 5.74) is 4.98. The van der Waals surface area contributed by atoms with Gasteiger partial charge in [0.25, 0.3) is 12.9 Å². The van der Waals surface area contributed by atoms with Crippen molar-refractivity contribution in [1.82, 2.24) is 15.0 Å². The molecule has 0 amide bonds. The van der Waals surface area contributed by atoms with Gasteiger partial charge >= 0.3 is 0 Å². The van der Waals surface area contributed by atoms with E-state index < -0.39 is 0 Å². The number of pyridine rings is 3. The first-order chi connectivity index (χ1) is 24.6. The van der Waals surface area contributed by atoms with E-state index in [1.807, 2.05) is 12.1 Å². The summed E-state index contributed by atoms with van der Waals surface area (Å²) in [6.07, 6.45) is 3.25. The van der Waals surface area contributed by atoms with Crippen LogP contribution in [-0.4, -0.2) is 27.9 Å². The second kappa shape index (κ2) is 13.4. The van der Waals surface area contributed by atoms with Crippen LogP contribution in [0.2, 0.25) is 0 Å². The molecule has 0 bridgehead atoms. The van der Waals surface area contributed by atoms with E-state index in [9.17, 15) is 9.59 Å². The molecule has 0 saturated carbocycles. The third-order valence-electron chi connectivity index (χ3n) is 8.26. The van der Waals surface area contributed by atoms with Crippen molar-refractivity contribution in [3.8, 4) is 44.7 Å². The number of anilines is 3. The summed E-state index contributed by atoms with van der Waals surface area (Å²) in [7, 11) is 0.